The smallest absolute Gasteiger partial charge is 0.309 e. The molecule has 0 aliphatic carbocycles. The highest BCUT2D eigenvalue weighted by molar-refractivity contribution is 5.80. The molecule has 150 valence electrons. The predicted molar refractivity (Wildman–Crippen MR) is 102 cm³/mol. The molecule has 28 heavy (non-hydrogen) atoms. The van der Waals surface area contributed by atoms with Gasteiger partial charge in [-0.1, -0.05) is 23.8 Å². The van der Waals surface area contributed by atoms with E-state index in [4.69, 9.17) is 14.2 Å². The molecule has 2 rings (SSSR count). The van der Waals surface area contributed by atoms with Gasteiger partial charge in [0.05, 0.1) is 20.1 Å². The molecule has 0 bridgehead atoms. The van der Waals surface area contributed by atoms with Crippen LogP contribution in [0.1, 0.15) is 17.5 Å². The molecule has 0 radical (unpaired) electrons. The summed E-state index contributed by atoms with van der Waals surface area (Å²) in [5, 5.41) is 0. The van der Waals surface area contributed by atoms with E-state index in [1.54, 1.807) is 13.1 Å². The van der Waals surface area contributed by atoms with Crippen molar-refractivity contribution in [1.82, 2.24) is 4.90 Å². The van der Waals surface area contributed by atoms with Crippen molar-refractivity contribution in [2.75, 3.05) is 27.4 Å². The van der Waals surface area contributed by atoms with E-state index in [1.807, 2.05) is 31.2 Å². The summed E-state index contributed by atoms with van der Waals surface area (Å²) in [6.45, 7) is 1.95. The monoisotopic (exact) mass is 389 g/mol. The van der Waals surface area contributed by atoms with Gasteiger partial charge in [0.15, 0.2) is 18.2 Å². The fourth-order valence-electron chi connectivity index (χ4n) is 2.38. The Balaban J connectivity index is 1.70. The van der Waals surface area contributed by atoms with Gasteiger partial charge in [0.25, 0.3) is 5.91 Å². The van der Waals surface area contributed by atoms with Gasteiger partial charge in [-0.2, -0.15) is 0 Å². The van der Waals surface area contributed by atoms with Crippen molar-refractivity contribution in [3.63, 3.8) is 0 Å². The maximum Gasteiger partial charge on any atom is 0.309 e. The van der Waals surface area contributed by atoms with E-state index in [9.17, 15) is 14.0 Å². The SMILES string of the molecule is COc1ccc(CN(C)C(=O)COC(=O)CCOc2ccc(C)cc2)cc1F. The van der Waals surface area contributed by atoms with Crippen LogP contribution in [-0.4, -0.2) is 44.1 Å². The fraction of sp³-hybridized carbons (Fsp3) is 0.333. The number of methoxy groups -OCH3 is 1. The molecule has 7 heteroatoms. The van der Waals surface area contributed by atoms with E-state index >= 15 is 0 Å². The molecular weight excluding hydrogens is 365 g/mol. The molecule has 0 aliphatic rings. The lowest BCUT2D eigenvalue weighted by Gasteiger charge is -2.17. The van der Waals surface area contributed by atoms with Gasteiger partial charge in [-0.25, -0.2) is 4.39 Å². The fourth-order valence-corrected chi connectivity index (χ4v) is 2.38. The van der Waals surface area contributed by atoms with E-state index < -0.39 is 11.8 Å². The standard InChI is InChI=1S/C21H24FNO5/c1-15-4-7-17(8-5-15)27-11-10-21(25)28-14-20(24)23(2)13-16-6-9-19(26-3)18(22)12-16/h4-9,12H,10-11,13-14H2,1-3H3. The van der Waals surface area contributed by atoms with E-state index in [0.29, 0.717) is 11.3 Å². The zero-order valence-corrected chi connectivity index (χ0v) is 16.2. The molecule has 0 unspecified atom stereocenters. The maximum atomic E-state index is 13.7. The van der Waals surface area contributed by atoms with Gasteiger partial charge in [0, 0.05) is 13.6 Å². The van der Waals surface area contributed by atoms with Gasteiger partial charge >= 0.3 is 5.97 Å². The molecule has 0 N–H and O–H groups in total. The highest BCUT2D eigenvalue weighted by Crippen LogP contribution is 2.18. The average Bonchev–Trinajstić information content (AvgIpc) is 2.67. The third-order valence-corrected chi connectivity index (χ3v) is 4.01. The van der Waals surface area contributed by atoms with Crippen LogP contribution in [0.3, 0.4) is 0 Å². The number of likely N-dealkylation sites (N-methyl/N-ethyl adjacent to an activating group) is 1. The largest absolute Gasteiger partial charge is 0.494 e. The Kier molecular flexibility index (Phi) is 7.80. The number of amides is 1. The number of rotatable bonds is 9. The van der Waals surface area contributed by atoms with Gasteiger partial charge < -0.3 is 19.1 Å². The molecule has 0 aliphatic heterocycles. The summed E-state index contributed by atoms with van der Waals surface area (Å²) >= 11 is 0. The Morgan fingerprint density at radius 2 is 1.82 bits per heavy atom. The molecule has 0 fully saturated rings. The van der Waals surface area contributed by atoms with Crippen LogP contribution in [0, 0.1) is 12.7 Å². The molecule has 1 amide bonds. The van der Waals surface area contributed by atoms with Crippen LogP contribution in [0.25, 0.3) is 0 Å². The second-order valence-electron chi connectivity index (χ2n) is 6.29. The average molecular weight is 389 g/mol. The molecule has 6 nitrogen and oxygen atoms in total. The summed E-state index contributed by atoms with van der Waals surface area (Å²) in [6, 6.07) is 11.9. The third-order valence-electron chi connectivity index (χ3n) is 4.01. The topological polar surface area (TPSA) is 65.1 Å². The first-order valence-electron chi connectivity index (χ1n) is 8.80. The van der Waals surface area contributed by atoms with Crippen LogP contribution in [0.5, 0.6) is 11.5 Å². The summed E-state index contributed by atoms with van der Waals surface area (Å²) < 4.78 is 29.0. The van der Waals surface area contributed by atoms with Crippen molar-refractivity contribution in [2.24, 2.45) is 0 Å². The van der Waals surface area contributed by atoms with E-state index in [1.165, 1.54) is 24.1 Å². The molecule has 2 aromatic rings. The second kappa shape index (κ2) is 10.3. The van der Waals surface area contributed by atoms with Crippen molar-refractivity contribution < 1.29 is 28.2 Å². The van der Waals surface area contributed by atoms with Crippen molar-refractivity contribution in [3.05, 3.63) is 59.4 Å². The number of carbonyl (C=O) groups excluding carboxylic acids is 2. The summed E-state index contributed by atoms with van der Waals surface area (Å²) in [7, 11) is 2.94. The van der Waals surface area contributed by atoms with Gasteiger partial charge in [-0.3, -0.25) is 9.59 Å². The summed E-state index contributed by atoms with van der Waals surface area (Å²) in [5.41, 5.74) is 1.72. The minimum absolute atomic E-state index is 0.0363. The molecule has 0 saturated carbocycles. The van der Waals surface area contributed by atoms with Crippen LogP contribution in [0.15, 0.2) is 42.5 Å². The third kappa shape index (κ3) is 6.57. The first-order chi connectivity index (χ1) is 13.4. The van der Waals surface area contributed by atoms with Gasteiger partial charge in [0.1, 0.15) is 5.75 Å². The molecule has 0 spiro atoms. The number of carbonyl (C=O) groups is 2. The number of hydrogen-bond donors (Lipinski definition) is 0. The van der Waals surface area contributed by atoms with E-state index in [0.717, 1.165) is 5.56 Å². The number of benzene rings is 2. The molecule has 0 saturated heterocycles. The highest BCUT2D eigenvalue weighted by atomic mass is 19.1. The van der Waals surface area contributed by atoms with Crippen molar-refractivity contribution in [2.45, 2.75) is 19.9 Å². The number of ether oxygens (including phenoxy) is 3. The maximum absolute atomic E-state index is 13.7. The van der Waals surface area contributed by atoms with Crippen molar-refractivity contribution >= 4 is 11.9 Å². The van der Waals surface area contributed by atoms with Gasteiger partial charge in [-0.15, -0.1) is 0 Å². The van der Waals surface area contributed by atoms with Crippen LogP contribution in [0.4, 0.5) is 4.39 Å². The Labute approximate surface area is 163 Å². The second-order valence-corrected chi connectivity index (χ2v) is 6.29. The molecule has 0 atom stereocenters. The number of hydrogen-bond acceptors (Lipinski definition) is 5. The Morgan fingerprint density at radius 3 is 2.46 bits per heavy atom. The lowest BCUT2D eigenvalue weighted by Crippen LogP contribution is -2.31. The number of aryl methyl sites for hydroxylation is 1. The Hall–Kier alpha value is -3.09. The van der Waals surface area contributed by atoms with Gasteiger partial charge in [0.2, 0.25) is 0 Å². The number of esters is 1. The molecule has 0 aromatic heterocycles. The van der Waals surface area contributed by atoms with Crippen molar-refractivity contribution in [1.29, 1.82) is 0 Å². The summed E-state index contributed by atoms with van der Waals surface area (Å²) in [5.74, 6) is -0.602. The van der Waals surface area contributed by atoms with E-state index in [2.05, 4.69) is 0 Å². The van der Waals surface area contributed by atoms with Crippen molar-refractivity contribution in [3.8, 4) is 11.5 Å². The van der Waals surface area contributed by atoms with Crippen LogP contribution in [-0.2, 0) is 20.9 Å². The minimum Gasteiger partial charge on any atom is -0.494 e. The quantitative estimate of drug-likeness (QED) is 0.617. The number of halogens is 1. The lowest BCUT2D eigenvalue weighted by atomic mass is 10.2. The Morgan fingerprint density at radius 1 is 1.11 bits per heavy atom. The van der Waals surface area contributed by atoms with Crippen LogP contribution >= 0.6 is 0 Å². The molecule has 2 aromatic carbocycles. The normalized spacial score (nSPS) is 10.3. The predicted octanol–water partition coefficient (Wildman–Crippen LogP) is 3.11. The number of nitrogens with zero attached hydrogens (tertiary/aromatic N) is 1. The van der Waals surface area contributed by atoms with Gasteiger partial charge in [-0.05, 0) is 36.8 Å². The summed E-state index contributed by atoms with van der Waals surface area (Å²) in [4.78, 5) is 25.2. The molecule has 0 heterocycles. The highest BCUT2D eigenvalue weighted by Gasteiger charge is 2.14. The molecular formula is C21H24FNO5. The van der Waals surface area contributed by atoms with Crippen LogP contribution < -0.4 is 9.47 Å². The Bertz CT molecular complexity index is 807. The first kappa shape index (κ1) is 21.2. The zero-order chi connectivity index (χ0) is 20.5. The summed E-state index contributed by atoms with van der Waals surface area (Å²) in [6.07, 6.45) is 0.0363. The zero-order valence-electron chi connectivity index (χ0n) is 16.2. The van der Waals surface area contributed by atoms with Crippen LogP contribution in [0.2, 0.25) is 0 Å². The first-order valence-corrected chi connectivity index (χ1v) is 8.80. The lowest BCUT2D eigenvalue weighted by molar-refractivity contribution is -0.152. The minimum atomic E-state index is -0.524. The van der Waals surface area contributed by atoms with E-state index in [-0.39, 0.29) is 37.8 Å².